The molecule has 2 aromatic rings. The fraction of sp³-hybridized carbons (Fsp3) is 0.0909. The average molecular weight is 238 g/mol. The van der Waals surface area contributed by atoms with Crippen LogP contribution in [0.15, 0.2) is 23.0 Å². The van der Waals surface area contributed by atoms with Crippen LogP contribution >= 0.6 is 0 Å². The third kappa shape index (κ3) is 2.01. The van der Waals surface area contributed by atoms with Gasteiger partial charge in [-0.15, -0.1) is 0 Å². The smallest absolute Gasteiger partial charge is 0.287 e. The van der Waals surface area contributed by atoms with E-state index in [-0.39, 0.29) is 17.1 Å². The summed E-state index contributed by atoms with van der Waals surface area (Å²) in [5, 5.41) is 9.02. The van der Waals surface area contributed by atoms with Gasteiger partial charge in [-0.2, -0.15) is 4.39 Å². The largest absolute Gasteiger partial charge is 0.505 e. The van der Waals surface area contributed by atoms with Crippen LogP contribution in [0.2, 0.25) is 0 Å². The van der Waals surface area contributed by atoms with Gasteiger partial charge in [-0.25, -0.2) is 9.37 Å². The number of aromatic nitrogens is 2. The fourth-order valence-electron chi connectivity index (χ4n) is 1.36. The highest BCUT2D eigenvalue weighted by Crippen LogP contribution is 2.21. The number of aryl methyl sites for hydroxylation is 1. The van der Waals surface area contributed by atoms with Crippen molar-refractivity contribution in [2.45, 2.75) is 6.92 Å². The summed E-state index contributed by atoms with van der Waals surface area (Å²) in [4.78, 5) is 17.2. The Bertz CT molecular complexity index is 638. The number of hydrogen-bond donors (Lipinski definition) is 2. The van der Waals surface area contributed by atoms with Crippen LogP contribution in [0.4, 0.5) is 8.78 Å². The van der Waals surface area contributed by atoms with Crippen LogP contribution < -0.4 is 5.56 Å². The Balaban J connectivity index is 2.61. The van der Waals surface area contributed by atoms with Crippen molar-refractivity contribution in [2.24, 2.45) is 0 Å². The van der Waals surface area contributed by atoms with E-state index in [2.05, 4.69) is 9.97 Å². The first kappa shape index (κ1) is 11.3. The minimum absolute atomic E-state index is 0.0489. The summed E-state index contributed by atoms with van der Waals surface area (Å²) < 4.78 is 26.2. The number of nitrogens with zero attached hydrogens (tertiary/aromatic N) is 1. The molecule has 0 aliphatic heterocycles. The lowest BCUT2D eigenvalue weighted by Gasteiger charge is -2.03. The molecule has 0 aliphatic rings. The van der Waals surface area contributed by atoms with E-state index in [0.717, 1.165) is 12.1 Å². The standard InChI is InChI=1S/C11H8F2N2O2/c1-5-9(13)11(17)15-10(14-5)6-2-3-8(16)7(12)4-6/h2-4,16H,1H3,(H,14,15,17). The van der Waals surface area contributed by atoms with Crippen molar-refractivity contribution in [2.75, 3.05) is 0 Å². The molecule has 1 heterocycles. The molecule has 0 spiro atoms. The van der Waals surface area contributed by atoms with E-state index in [0.29, 0.717) is 0 Å². The topological polar surface area (TPSA) is 66.0 Å². The number of nitrogens with one attached hydrogen (secondary N) is 1. The van der Waals surface area contributed by atoms with Gasteiger partial charge in [-0.1, -0.05) is 0 Å². The van der Waals surface area contributed by atoms with Crippen molar-refractivity contribution in [1.29, 1.82) is 0 Å². The highest BCUT2D eigenvalue weighted by atomic mass is 19.1. The molecule has 0 aliphatic carbocycles. The van der Waals surface area contributed by atoms with Crippen molar-refractivity contribution in [3.63, 3.8) is 0 Å². The molecule has 4 nitrogen and oxygen atoms in total. The zero-order chi connectivity index (χ0) is 12.6. The van der Waals surface area contributed by atoms with Crippen LogP contribution in [0.5, 0.6) is 5.75 Å². The molecule has 0 radical (unpaired) electrons. The Morgan fingerprint density at radius 2 is 2.06 bits per heavy atom. The fourth-order valence-corrected chi connectivity index (χ4v) is 1.36. The van der Waals surface area contributed by atoms with E-state index in [9.17, 15) is 13.6 Å². The van der Waals surface area contributed by atoms with Gasteiger partial charge in [0, 0.05) is 5.56 Å². The van der Waals surface area contributed by atoms with Crippen LogP contribution in [0, 0.1) is 18.6 Å². The molecule has 0 bridgehead atoms. The van der Waals surface area contributed by atoms with Crippen LogP contribution in [0.1, 0.15) is 5.69 Å². The normalized spacial score (nSPS) is 10.5. The SMILES string of the molecule is Cc1nc(-c2ccc(O)c(F)c2)[nH]c(=O)c1F. The first-order valence-corrected chi connectivity index (χ1v) is 4.74. The molecule has 2 N–H and O–H groups in total. The summed E-state index contributed by atoms with van der Waals surface area (Å²) in [6.07, 6.45) is 0. The second kappa shape index (κ2) is 3.97. The van der Waals surface area contributed by atoms with Gasteiger partial charge < -0.3 is 10.1 Å². The zero-order valence-corrected chi connectivity index (χ0v) is 8.79. The molecule has 17 heavy (non-hydrogen) atoms. The van der Waals surface area contributed by atoms with Crippen LogP contribution in [0.25, 0.3) is 11.4 Å². The number of aromatic hydroxyl groups is 1. The summed E-state index contributed by atoms with van der Waals surface area (Å²) in [6, 6.07) is 3.50. The molecular formula is C11H8F2N2O2. The third-order valence-electron chi connectivity index (χ3n) is 2.25. The number of halogens is 2. The van der Waals surface area contributed by atoms with Gasteiger partial charge in [0.05, 0.1) is 5.69 Å². The number of aromatic amines is 1. The third-order valence-corrected chi connectivity index (χ3v) is 2.25. The van der Waals surface area contributed by atoms with E-state index >= 15 is 0 Å². The van der Waals surface area contributed by atoms with Crippen molar-refractivity contribution < 1.29 is 13.9 Å². The Hall–Kier alpha value is -2.24. The van der Waals surface area contributed by atoms with Crippen LogP contribution in [-0.2, 0) is 0 Å². The number of phenolic OH excluding ortho intramolecular Hbond substituents is 1. The molecule has 1 aromatic carbocycles. The predicted molar refractivity (Wildman–Crippen MR) is 56.6 cm³/mol. The minimum atomic E-state index is -0.965. The van der Waals surface area contributed by atoms with E-state index in [1.807, 2.05) is 0 Å². The highest BCUT2D eigenvalue weighted by Gasteiger charge is 2.10. The first-order chi connectivity index (χ1) is 7.99. The quantitative estimate of drug-likeness (QED) is 0.795. The van der Waals surface area contributed by atoms with Crippen molar-refractivity contribution >= 4 is 0 Å². The van der Waals surface area contributed by atoms with Gasteiger partial charge >= 0.3 is 0 Å². The second-order valence-electron chi connectivity index (χ2n) is 3.48. The first-order valence-electron chi connectivity index (χ1n) is 4.74. The van der Waals surface area contributed by atoms with Crippen molar-refractivity contribution in [3.05, 3.63) is 45.9 Å². The summed E-state index contributed by atoms with van der Waals surface area (Å²) >= 11 is 0. The summed E-state index contributed by atoms with van der Waals surface area (Å²) in [5.41, 5.74) is -0.737. The molecule has 0 saturated carbocycles. The number of benzene rings is 1. The van der Waals surface area contributed by atoms with E-state index in [4.69, 9.17) is 5.11 Å². The van der Waals surface area contributed by atoms with Gasteiger partial charge in [-0.3, -0.25) is 4.79 Å². The number of H-pyrrole nitrogens is 1. The van der Waals surface area contributed by atoms with E-state index < -0.39 is 22.9 Å². The minimum Gasteiger partial charge on any atom is -0.505 e. The predicted octanol–water partition coefficient (Wildman–Crippen LogP) is 1.73. The molecule has 88 valence electrons. The van der Waals surface area contributed by atoms with Gasteiger partial charge in [0.15, 0.2) is 11.6 Å². The molecule has 0 atom stereocenters. The molecule has 1 aromatic heterocycles. The van der Waals surface area contributed by atoms with E-state index in [1.165, 1.54) is 13.0 Å². The Labute approximate surface area is 94.6 Å². The lowest BCUT2D eigenvalue weighted by atomic mass is 10.2. The second-order valence-corrected chi connectivity index (χ2v) is 3.48. The van der Waals surface area contributed by atoms with Gasteiger partial charge in [0.1, 0.15) is 5.82 Å². The van der Waals surface area contributed by atoms with Crippen LogP contribution in [-0.4, -0.2) is 15.1 Å². The van der Waals surface area contributed by atoms with Gasteiger partial charge in [0.25, 0.3) is 5.56 Å². The Morgan fingerprint density at radius 3 is 2.65 bits per heavy atom. The van der Waals surface area contributed by atoms with Gasteiger partial charge in [0.2, 0.25) is 5.82 Å². The molecular weight excluding hydrogens is 230 g/mol. The molecule has 2 rings (SSSR count). The summed E-state index contributed by atoms with van der Waals surface area (Å²) in [6.45, 7) is 1.34. The maximum atomic E-state index is 13.1. The van der Waals surface area contributed by atoms with E-state index in [1.54, 1.807) is 0 Å². The molecule has 0 amide bonds. The number of hydrogen-bond acceptors (Lipinski definition) is 3. The monoisotopic (exact) mass is 238 g/mol. The molecule has 0 fully saturated rings. The molecule has 0 saturated heterocycles. The van der Waals surface area contributed by atoms with Crippen LogP contribution in [0.3, 0.4) is 0 Å². The lowest BCUT2D eigenvalue weighted by Crippen LogP contribution is -2.15. The Kier molecular flexibility index (Phi) is 2.63. The van der Waals surface area contributed by atoms with Gasteiger partial charge in [-0.05, 0) is 25.1 Å². The maximum Gasteiger partial charge on any atom is 0.287 e. The maximum absolute atomic E-state index is 13.1. The van der Waals surface area contributed by atoms with Crippen molar-refractivity contribution in [3.8, 4) is 17.1 Å². The summed E-state index contributed by atoms with van der Waals surface area (Å²) in [7, 11) is 0. The summed E-state index contributed by atoms with van der Waals surface area (Å²) in [5.74, 6) is -2.26. The lowest BCUT2D eigenvalue weighted by molar-refractivity contribution is 0.432. The Morgan fingerprint density at radius 1 is 1.35 bits per heavy atom. The number of phenols is 1. The van der Waals surface area contributed by atoms with Crippen molar-refractivity contribution in [1.82, 2.24) is 9.97 Å². The molecule has 0 unspecified atom stereocenters. The highest BCUT2D eigenvalue weighted by molar-refractivity contribution is 5.56. The molecule has 6 heteroatoms. The average Bonchev–Trinajstić information content (AvgIpc) is 2.29. The number of rotatable bonds is 1. The zero-order valence-electron chi connectivity index (χ0n) is 8.79.